The van der Waals surface area contributed by atoms with Crippen molar-refractivity contribution in [2.75, 3.05) is 5.32 Å². The maximum Gasteiger partial charge on any atom is 0.356 e. The Morgan fingerprint density at radius 1 is 0.971 bits per heavy atom. The van der Waals surface area contributed by atoms with Crippen LogP contribution in [0.2, 0.25) is 0 Å². The highest BCUT2D eigenvalue weighted by atomic mass is 19.1. The quantitative estimate of drug-likeness (QED) is 0.390. The first-order chi connectivity index (χ1) is 16.8. The second-order valence-corrected chi connectivity index (χ2v) is 8.27. The first-order valence-corrected chi connectivity index (χ1v) is 11.3. The summed E-state index contributed by atoms with van der Waals surface area (Å²) in [5.41, 5.74) is 1.99. The van der Waals surface area contributed by atoms with E-state index in [1.165, 1.54) is 29.8 Å². The molecule has 0 saturated heterocycles. The van der Waals surface area contributed by atoms with Gasteiger partial charge in [0.15, 0.2) is 6.10 Å². The Hall–Kier alpha value is -4.26. The minimum Gasteiger partial charge on any atom is -0.448 e. The lowest BCUT2D eigenvalue weighted by atomic mass is 9.96. The van der Waals surface area contributed by atoms with Gasteiger partial charge in [-0.15, -0.1) is 0 Å². The van der Waals surface area contributed by atoms with Crippen LogP contribution in [-0.4, -0.2) is 22.5 Å². The van der Waals surface area contributed by atoms with Crippen molar-refractivity contribution in [1.82, 2.24) is 4.57 Å². The van der Waals surface area contributed by atoms with E-state index in [-0.39, 0.29) is 23.4 Å². The molecule has 0 spiro atoms. The van der Waals surface area contributed by atoms with E-state index >= 15 is 0 Å². The van der Waals surface area contributed by atoms with Gasteiger partial charge < -0.3 is 14.6 Å². The van der Waals surface area contributed by atoms with E-state index in [9.17, 15) is 18.8 Å². The summed E-state index contributed by atoms with van der Waals surface area (Å²) in [5, 5.41) is 3.54. The van der Waals surface area contributed by atoms with Gasteiger partial charge in [-0.1, -0.05) is 67.1 Å². The molecule has 0 aliphatic carbocycles. The summed E-state index contributed by atoms with van der Waals surface area (Å²) in [6.45, 7) is 3.64. The summed E-state index contributed by atoms with van der Waals surface area (Å²) in [4.78, 5) is 39.4. The van der Waals surface area contributed by atoms with E-state index in [1.54, 1.807) is 37.3 Å². The molecule has 35 heavy (non-hydrogen) atoms. The lowest BCUT2D eigenvalue weighted by Gasteiger charge is -2.20. The number of fused-ring (bicyclic) bond motifs is 1. The minimum atomic E-state index is -1.19. The summed E-state index contributed by atoms with van der Waals surface area (Å²) < 4.78 is 20.8. The molecule has 0 radical (unpaired) electrons. The van der Waals surface area contributed by atoms with Gasteiger partial charge in [0.25, 0.3) is 11.5 Å². The van der Waals surface area contributed by atoms with Gasteiger partial charge in [0.1, 0.15) is 11.5 Å². The van der Waals surface area contributed by atoms with Crippen molar-refractivity contribution >= 4 is 28.3 Å². The van der Waals surface area contributed by atoms with Gasteiger partial charge in [-0.05, 0) is 42.5 Å². The number of anilines is 1. The fourth-order valence-corrected chi connectivity index (χ4v) is 4.00. The van der Waals surface area contributed by atoms with Gasteiger partial charge in [-0.3, -0.25) is 9.59 Å². The van der Waals surface area contributed by atoms with E-state index in [1.807, 2.05) is 31.2 Å². The van der Waals surface area contributed by atoms with E-state index < -0.39 is 23.8 Å². The molecular formula is C28H25FN2O4. The second-order valence-electron chi connectivity index (χ2n) is 8.27. The van der Waals surface area contributed by atoms with Crippen LogP contribution in [0.5, 0.6) is 0 Å². The Kier molecular flexibility index (Phi) is 6.78. The van der Waals surface area contributed by atoms with Gasteiger partial charge >= 0.3 is 5.97 Å². The summed E-state index contributed by atoms with van der Waals surface area (Å²) in [7, 11) is 1.50. The zero-order chi connectivity index (χ0) is 25.1. The van der Waals surface area contributed by atoms with Crippen molar-refractivity contribution in [2.45, 2.75) is 26.4 Å². The van der Waals surface area contributed by atoms with Crippen molar-refractivity contribution in [3.05, 3.63) is 100 Å². The number of nitrogens with one attached hydrogen (secondary N) is 1. The number of carbonyl (C=O) groups is 2. The predicted molar refractivity (Wildman–Crippen MR) is 134 cm³/mol. The third-order valence-corrected chi connectivity index (χ3v) is 5.88. The molecule has 7 heteroatoms. The molecule has 0 aliphatic heterocycles. The third kappa shape index (κ3) is 4.71. The van der Waals surface area contributed by atoms with Gasteiger partial charge in [0, 0.05) is 18.0 Å². The maximum atomic E-state index is 14.0. The number of hydrogen-bond acceptors (Lipinski definition) is 4. The van der Waals surface area contributed by atoms with Crippen molar-refractivity contribution in [3.63, 3.8) is 0 Å². The van der Waals surface area contributed by atoms with Crippen LogP contribution in [0.4, 0.5) is 10.1 Å². The molecule has 1 atom stereocenters. The molecule has 4 rings (SSSR count). The molecule has 1 N–H and O–H groups in total. The number of nitrogens with zero attached hydrogens (tertiary/aromatic N) is 1. The number of pyridine rings is 1. The molecule has 0 fully saturated rings. The molecule has 6 nitrogen and oxygen atoms in total. The average Bonchev–Trinajstić information content (AvgIpc) is 2.86. The Labute approximate surface area is 202 Å². The van der Waals surface area contributed by atoms with Crippen LogP contribution >= 0.6 is 0 Å². The molecule has 3 aromatic carbocycles. The normalized spacial score (nSPS) is 11.8. The van der Waals surface area contributed by atoms with E-state index in [4.69, 9.17) is 4.74 Å². The fourth-order valence-electron chi connectivity index (χ4n) is 4.00. The number of ether oxygens (including phenoxy) is 1. The maximum absolute atomic E-state index is 14.0. The Balaban J connectivity index is 1.77. The van der Waals surface area contributed by atoms with Crippen LogP contribution in [0.15, 0.2) is 77.6 Å². The van der Waals surface area contributed by atoms with Gasteiger partial charge in [-0.2, -0.15) is 0 Å². The Morgan fingerprint density at radius 3 is 2.26 bits per heavy atom. The molecule has 1 aromatic heterocycles. The van der Waals surface area contributed by atoms with E-state index in [0.29, 0.717) is 16.3 Å². The number of aryl methyl sites for hydroxylation is 1. The number of carbonyl (C=O) groups excluding carboxylic acids is 2. The number of rotatable bonds is 6. The lowest BCUT2D eigenvalue weighted by molar-refractivity contribution is -0.124. The zero-order valence-corrected chi connectivity index (χ0v) is 19.7. The van der Waals surface area contributed by atoms with E-state index in [2.05, 4.69) is 5.32 Å². The van der Waals surface area contributed by atoms with Gasteiger partial charge in [0.05, 0.1) is 5.69 Å². The Bertz CT molecular complexity index is 1480. The summed E-state index contributed by atoms with van der Waals surface area (Å²) in [6, 6.07) is 20.4. The van der Waals surface area contributed by atoms with Crippen LogP contribution in [0.3, 0.4) is 0 Å². The molecule has 1 amide bonds. The van der Waals surface area contributed by atoms with Gasteiger partial charge in [0.2, 0.25) is 0 Å². The molecular weight excluding hydrogens is 447 g/mol. The van der Waals surface area contributed by atoms with E-state index in [0.717, 1.165) is 11.1 Å². The highest BCUT2D eigenvalue weighted by Crippen LogP contribution is 2.31. The van der Waals surface area contributed by atoms with Crippen molar-refractivity contribution in [2.24, 2.45) is 7.05 Å². The number of benzene rings is 3. The minimum absolute atomic E-state index is 0.00884. The highest BCUT2D eigenvalue weighted by molar-refractivity contribution is 6.07. The summed E-state index contributed by atoms with van der Waals surface area (Å²) in [5.74, 6) is -2.07. The number of para-hydroxylation sites is 1. The monoisotopic (exact) mass is 472 g/mol. The average molecular weight is 473 g/mol. The molecule has 0 aliphatic rings. The first-order valence-electron chi connectivity index (χ1n) is 11.3. The van der Waals surface area contributed by atoms with Crippen molar-refractivity contribution in [1.29, 1.82) is 0 Å². The zero-order valence-electron chi connectivity index (χ0n) is 19.7. The van der Waals surface area contributed by atoms with Crippen LogP contribution in [0, 0.1) is 12.7 Å². The third-order valence-electron chi connectivity index (χ3n) is 5.88. The molecule has 1 unspecified atom stereocenters. The standard InChI is InChI=1S/C28H25FN2O4/c1-4-23(26(32)30-22-12-8-7-11-21(22)29)35-28(34)25-24(18-15-13-17(2)14-16-18)19-9-5-6-10-20(19)27(33)31(25)3/h5-16,23H,4H2,1-3H3,(H,30,32). The predicted octanol–water partition coefficient (Wildman–Crippen LogP) is 5.23. The number of aromatic nitrogens is 1. The number of amides is 1. The van der Waals surface area contributed by atoms with Crippen molar-refractivity contribution in [3.8, 4) is 11.1 Å². The topological polar surface area (TPSA) is 77.4 Å². The second kappa shape index (κ2) is 9.93. The summed E-state index contributed by atoms with van der Waals surface area (Å²) in [6.07, 6.45) is -1.03. The molecule has 0 bridgehead atoms. The SMILES string of the molecule is CCC(OC(=O)c1c(-c2ccc(C)cc2)c2ccccc2c(=O)n1C)C(=O)Nc1ccccc1F. The van der Waals surface area contributed by atoms with Gasteiger partial charge in [-0.25, -0.2) is 9.18 Å². The van der Waals surface area contributed by atoms with Crippen molar-refractivity contribution < 1.29 is 18.7 Å². The van der Waals surface area contributed by atoms with Crippen LogP contribution < -0.4 is 10.9 Å². The molecule has 178 valence electrons. The Morgan fingerprint density at radius 2 is 1.60 bits per heavy atom. The number of hydrogen-bond donors (Lipinski definition) is 1. The lowest BCUT2D eigenvalue weighted by Crippen LogP contribution is -2.34. The summed E-state index contributed by atoms with van der Waals surface area (Å²) >= 11 is 0. The van der Waals surface area contributed by atoms with Crippen LogP contribution in [0.25, 0.3) is 21.9 Å². The van der Waals surface area contributed by atoms with Crippen LogP contribution in [0.1, 0.15) is 29.4 Å². The number of esters is 1. The molecule has 0 saturated carbocycles. The smallest absolute Gasteiger partial charge is 0.356 e. The fraction of sp³-hybridized carbons (Fsp3) is 0.179. The first kappa shape index (κ1) is 23.9. The number of halogens is 1. The molecule has 1 heterocycles. The van der Waals surface area contributed by atoms with Crippen LogP contribution in [-0.2, 0) is 16.6 Å². The largest absolute Gasteiger partial charge is 0.448 e. The molecule has 4 aromatic rings. The highest BCUT2D eigenvalue weighted by Gasteiger charge is 2.28.